The van der Waals surface area contributed by atoms with Gasteiger partial charge in [0, 0.05) is 10.9 Å². The summed E-state index contributed by atoms with van der Waals surface area (Å²) < 4.78 is 0.795. The minimum Gasteiger partial charge on any atom is -0.340 e. The fraction of sp³-hybridized carbons (Fsp3) is 0.100. The number of anilines is 1. The number of benzene rings is 3. The molecule has 0 saturated heterocycles. The number of halogens is 1. The number of amides is 2. The molecule has 0 aromatic heterocycles. The van der Waals surface area contributed by atoms with Gasteiger partial charge in [0.25, 0.3) is 5.91 Å². The van der Waals surface area contributed by atoms with Gasteiger partial charge in [-0.1, -0.05) is 58.4 Å². The van der Waals surface area contributed by atoms with Crippen molar-refractivity contribution in [3.05, 3.63) is 76.3 Å². The molecule has 3 aromatic carbocycles. The highest BCUT2D eigenvalue weighted by Gasteiger charge is 2.28. The van der Waals surface area contributed by atoms with Crippen LogP contribution in [0.3, 0.4) is 0 Å². The van der Waals surface area contributed by atoms with Crippen LogP contribution in [0.4, 0.5) is 5.69 Å². The number of hydrogen-bond acceptors (Lipinski definition) is 2. The Labute approximate surface area is 153 Å². The molecule has 1 aliphatic heterocycles. The first-order valence-corrected chi connectivity index (χ1v) is 8.79. The molecule has 0 aliphatic carbocycles. The van der Waals surface area contributed by atoms with E-state index in [2.05, 4.69) is 26.6 Å². The molecule has 124 valence electrons. The highest BCUT2D eigenvalue weighted by Crippen LogP contribution is 2.25. The lowest BCUT2D eigenvalue weighted by Gasteiger charge is -2.16. The van der Waals surface area contributed by atoms with E-state index in [-0.39, 0.29) is 11.8 Å². The molecule has 3 aromatic rings. The maximum absolute atomic E-state index is 12.6. The molecule has 0 saturated carbocycles. The molecule has 0 spiro atoms. The summed E-state index contributed by atoms with van der Waals surface area (Å²) in [6, 6.07) is 18.7. The summed E-state index contributed by atoms with van der Waals surface area (Å²) >= 11 is 3.36. The van der Waals surface area contributed by atoms with Crippen LogP contribution in [0.15, 0.2) is 65.1 Å². The van der Waals surface area contributed by atoms with Crippen molar-refractivity contribution < 1.29 is 9.59 Å². The standard InChI is InChI=1S/C20H15BrN2O2/c21-14-8-9-17-16(11-14)19(24)23-18(20(25)22-17)10-13-6-3-5-12-4-1-2-7-15(12)13/h1-9,11,18H,10H2,(H,22,25)(H,23,24). The summed E-state index contributed by atoms with van der Waals surface area (Å²) in [6.45, 7) is 0. The SMILES string of the molecule is O=C1NC(Cc2cccc3ccccc23)C(=O)Nc2ccc(Br)cc21. The van der Waals surface area contributed by atoms with Gasteiger partial charge in [0.15, 0.2) is 0 Å². The third kappa shape index (κ3) is 3.03. The van der Waals surface area contributed by atoms with E-state index in [0.717, 1.165) is 20.8 Å². The van der Waals surface area contributed by atoms with Gasteiger partial charge in [0.1, 0.15) is 6.04 Å². The van der Waals surface area contributed by atoms with Crippen LogP contribution >= 0.6 is 15.9 Å². The van der Waals surface area contributed by atoms with Gasteiger partial charge >= 0.3 is 0 Å². The van der Waals surface area contributed by atoms with E-state index in [1.54, 1.807) is 18.2 Å². The molecule has 0 fully saturated rings. The predicted molar refractivity (Wildman–Crippen MR) is 102 cm³/mol. The number of carbonyl (C=O) groups is 2. The van der Waals surface area contributed by atoms with E-state index in [1.807, 2.05) is 42.5 Å². The molecule has 1 aliphatic rings. The number of fused-ring (bicyclic) bond motifs is 2. The van der Waals surface area contributed by atoms with Crippen LogP contribution in [0.1, 0.15) is 15.9 Å². The molecule has 1 heterocycles. The molecule has 2 amide bonds. The second-order valence-corrected chi connectivity index (χ2v) is 6.96. The molecule has 0 radical (unpaired) electrons. The van der Waals surface area contributed by atoms with Crippen molar-refractivity contribution in [1.82, 2.24) is 5.32 Å². The second-order valence-electron chi connectivity index (χ2n) is 6.05. The quantitative estimate of drug-likeness (QED) is 0.692. The Morgan fingerprint density at radius 3 is 2.64 bits per heavy atom. The number of nitrogens with one attached hydrogen (secondary N) is 2. The normalized spacial score (nSPS) is 16.8. The van der Waals surface area contributed by atoms with E-state index in [4.69, 9.17) is 0 Å². The van der Waals surface area contributed by atoms with Gasteiger partial charge in [-0.3, -0.25) is 9.59 Å². The van der Waals surface area contributed by atoms with E-state index < -0.39 is 6.04 Å². The summed E-state index contributed by atoms with van der Waals surface area (Å²) in [6.07, 6.45) is 0.439. The van der Waals surface area contributed by atoms with E-state index in [0.29, 0.717) is 17.7 Å². The zero-order valence-electron chi connectivity index (χ0n) is 13.3. The van der Waals surface area contributed by atoms with Crippen molar-refractivity contribution in [3.63, 3.8) is 0 Å². The van der Waals surface area contributed by atoms with Crippen molar-refractivity contribution in [2.75, 3.05) is 5.32 Å². The summed E-state index contributed by atoms with van der Waals surface area (Å²) in [5, 5.41) is 7.92. The number of rotatable bonds is 2. The second kappa shape index (κ2) is 6.33. The maximum atomic E-state index is 12.6. The lowest BCUT2D eigenvalue weighted by atomic mass is 9.98. The molecular weight excluding hydrogens is 380 g/mol. The van der Waals surface area contributed by atoms with Crippen LogP contribution in [0, 0.1) is 0 Å². The van der Waals surface area contributed by atoms with Crippen LogP contribution < -0.4 is 10.6 Å². The summed E-state index contributed by atoms with van der Waals surface area (Å²) in [7, 11) is 0. The van der Waals surface area contributed by atoms with Gasteiger partial charge in [-0.2, -0.15) is 0 Å². The Hall–Kier alpha value is -2.66. The fourth-order valence-electron chi connectivity index (χ4n) is 3.17. The van der Waals surface area contributed by atoms with Crippen LogP contribution in [0.2, 0.25) is 0 Å². The van der Waals surface area contributed by atoms with Crippen molar-refractivity contribution in [3.8, 4) is 0 Å². The zero-order chi connectivity index (χ0) is 17.4. The topological polar surface area (TPSA) is 58.2 Å². The van der Waals surface area contributed by atoms with Gasteiger partial charge in [-0.15, -0.1) is 0 Å². The molecule has 25 heavy (non-hydrogen) atoms. The lowest BCUT2D eigenvalue weighted by Crippen LogP contribution is -2.42. The van der Waals surface area contributed by atoms with Crippen LogP contribution in [-0.4, -0.2) is 17.9 Å². The molecule has 5 heteroatoms. The monoisotopic (exact) mass is 394 g/mol. The Bertz CT molecular complexity index is 995. The Morgan fingerprint density at radius 1 is 0.960 bits per heavy atom. The van der Waals surface area contributed by atoms with Crippen LogP contribution in [0.25, 0.3) is 10.8 Å². The Morgan fingerprint density at radius 2 is 1.76 bits per heavy atom. The van der Waals surface area contributed by atoms with Crippen molar-refractivity contribution >= 4 is 44.2 Å². The van der Waals surface area contributed by atoms with Crippen molar-refractivity contribution in [1.29, 1.82) is 0 Å². The minimum atomic E-state index is -0.621. The highest BCUT2D eigenvalue weighted by atomic mass is 79.9. The van der Waals surface area contributed by atoms with Crippen LogP contribution in [-0.2, 0) is 11.2 Å². The van der Waals surface area contributed by atoms with Crippen molar-refractivity contribution in [2.45, 2.75) is 12.5 Å². The Balaban J connectivity index is 1.68. The highest BCUT2D eigenvalue weighted by molar-refractivity contribution is 9.10. The Kier molecular flexibility index (Phi) is 4.01. The summed E-state index contributed by atoms with van der Waals surface area (Å²) in [5.41, 5.74) is 2.03. The first-order valence-electron chi connectivity index (χ1n) is 8.00. The summed E-state index contributed by atoms with van der Waals surface area (Å²) in [4.78, 5) is 25.2. The van der Waals surface area contributed by atoms with Gasteiger partial charge in [0.2, 0.25) is 5.91 Å². The first kappa shape index (κ1) is 15.8. The molecule has 1 unspecified atom stereocenters. The average Bonchev–Trinajstić information content (AvgIpc) is 2.73. The molecular formula is C20H15BrN2O2. The van der Waals surface area contributed by atoms with E-state index in [9.17, 15) is 9.59 Å². The third-order valence-corrected chi connectivity index (χ3v) is 4.90. The smallest absolute Gasteiger partial charge is 0.254 e. The molecule has 2 N–H and O–H groups in total. The maximum Gasteiger partial charge on any atom is 0.254 e. The van der Waals surface area contributed by atoms with Crippen LogP contribution in [0.5, 0.6) is 0 Å². The minimum absolute atomic E-state index is 0.206. The molecule has 0 bridgehead atoms. The predicted octanol–water partition coefficient (Wildman–Crippen LogP) is 3.90. The molecule has 4 nitrogen and oxygen atoms in total. The number of carbonyl (C=O) groups excluding carboxylic acids is 2. The third-order valence-electron chi connectivity index (χ3n) is 4.41. The summed E-state index contributed by atoms with van der Waals surface area (Å²) in [5.74, 6) is -0.456. The van der Waals surface area contributed by atoms with Gasteiger partial charge in [-0.05, 0) is 34.5 Å². The fourth-order valence-corrected chi connectivity index (χ4v) is 3.53. The van der Waals surface area contributed by atoms with Gasteiger partial charge in [0.05, 0.1) is 11.3 Å². The van der Waals surface area contributed by atoms with Gasteiger partial charge in [-0.25, -0.2) is 0 Å². The zero-order valence-corrected chi connectivity index (χ0v) is 14.8. The van der Waals surface area contributed by atoms with Gasteiger partial charge < -0.3 is 10.6 Å². The first-order chi connectivity index (χ1) is 12.1. The van der Waals surface area contributed by atoms with E-state index in [1.165, 1.54) is 0 Å². The van der Waals surface area contributed by atoms with E-state index >= 15 is 0 Å². The number of hydrogen-bond donors (Lipinski definition) is 2. The molecule has 4 rings (SSSR count). The van der Waals surface area contributed by atoms with Crippen molar-refractivity contribution in [2.24, 2.45) is 0 Å². The largest absolute Gasteiger partial charge is 0.340 e. The lowest BCUT2D eigenvalue weighted by molar-refractivity contribution is -0.117. The molecule has 1 atom stereocenters. The average molecular weight is 395 g/mol.